The maximum absolute atomic E-state index is 6.05. The van der Waals surface area contributed by atoms with Crippen LogP contribution in [-0.2, 0) is 6.54 Å². The van der Waals surface area contributed by atoms with Crippen molar-refractivity contribution in [3.63, 3.8) is 0 Å². The van der Waals surface area contributed by atoms with Gasteiger partial charge >= 0.3 is 0 Å². The van der Waals surface area contributed by atoms with E-state index in [1.165, 1.54) is 36.8 Å². The van der Waals surface area contributed by atoms with Crippen molar-refractivity contribution in [3.05, 3.63) is 70.7 Å². The molecule has 0 spiro atoms. The molecule has 0 bridgehead atoms. The maximum Gasteiger partial charge on any atom is 0.0409 e. The molecule has 2 heteroatoms. The Morgan fingerprint density at radius 1 is 1.00 bits per heavy atom. The molecule has 112 valence electrons. The van der Waals surface area contributed by atoms with Crippen LogP contribution in [0.1, 0.15) is 49.8 Å². The SMILES string of the molecule is CCCCCC(NCc1cccc(Cl)c1)c1ccccc1. The quantitative estimate of drug-likeness (QED) is 0.612. The minimum Gasteiger partial charge on any atom is -0.306 e. The van der Waals surface area contributed by atoms with Crippen LogP contribution in [0.25, 0.3) is 0 Å². The third-order valence-corrected chi connectivity index (χ3v) is 3.98. The number of benzene rings is 2. The molecule has 0 saturated carbocycles. The molecule has 0 aliphatic heterocycles. The van der Waals surface area contributed by atoms with Crippen molar-refractivity contribution in [1.29, 1.82) is 0 Å². The van der Waals surface area contributed by atoms with Gasteiger partial charge in [-0.3, -0.25) is 0 Å². The minimum atomic E-state index is 0.414. The van der Waals surface area contributed by atoms with E-state index < -0.39 is 0 Å². The summed E-state index contributed by atoms with van der Waals surface area (Å²) < 4.78 is 0. The van der Waals surface area contributed by atoms with Gasteiger partial charge in [-0.05, 0) is 29.7 Å². The minimum absolute atomic E-state index is 0.414. The Bertz CT molecular complexity index is 524. The van der Waals surface area contributed by atoms with Crippen molar-refractivity contribution in [3.8, 4) is 0 Å². The summed E-state index contributed by atoms with van der Waals surface area (Å²) in [6.07, 6.45) is 5.00. The molecule has 0 aliphatic carbocycles. The summed E-state index contributed by atoms with van der Waals surface area (Å²) in [5.74, 6) is 0. The fraction of sp³-hybridized carbons (Fsp3) is 0.368. The summed E-state index contributed by atoms with van der Waals surface area (Å²) in [6, 6.07) is 19.2. The van der Waals surface area contributed by atoms with E-state index >= 15 is 0 Å². The van der Waals surface area contributed by atoms with Gasteiger partial charge < -0.3 is 5.32 Å². The lowest BCUT2D eigenvalue weighted by atomic mass is 10.00. The molecule has 21 heavy (non-hydrogen) atoms. The van der Waals surface area contributed by atoms with Crippen molar-refractivity contribution < 1.29 is 0 Å². The average molecular weight is 302 g/mol. The van der Waals surface area contributed by atoms with Crippen LogP contribution in [0, 0.1) is 0 Å². The van der Waals surface area contributed by atoms with Crippen molar-refractivity contribution in [2.45, 2.75) is 45.2 Å². The zero-order valence-corrected chi connectivity index (χ0v) is 13.4. The van der Waals surface area contributed by atoms with Gasteiger partial charge in [-0.1, -0.05) is 80.3 Å². The van der Waals surface area contributed by atoms with Gasteiger partial charge in [-0.25, -0.2) is 0 Å². The topological polar surface area (TPSA) is 12.0 Å². The molecule has 1 unspecified atom stereocenters. The Morgan fingerprint density at radius 2 is 1.81 bits per heavy atom. The van der Waals surface area contributed by atoms with Crippen molar-refractivity contribution in [1.82, 2.24) is 5.32 Å². The summed E-state index contributed by atoms with van der Waals surface area (Å²) >= 11 is 6.05. The van der Waals surface area contributed by atoms with E-state index in [1.807, 2.05) is 18.2 Å². The zero-order valence-electron chi connectivity index (χ0n) is 12.7. The van der Waals surface area contributed by atoms with Crippen LogP contribution in [0.4, 0.5) is 0 Å². The first-order valence-electron chi connectivity index (χ1n) is 7.82. The van der Waals surface area contributed by atoms with E-state index in [1.54, 1.807) is 0 Å². The average Bonchev–Trinajstić information content (AvgIpc) is 2.52. The maximum atomic E-state index is 6.05. The third kappa shape index (κ3) is 5.53. The highest BCUT2D eigenvalue weighted by Crippen LogP contribution is 2.21. The lowest BCUT2D eigenvalue weighted by Crippen LogP contribution is -2.21. The first-order chi connectivity index (χ1) is 10.3. The fourth-order valence-electron chi connectivity index (χ4n) is 2.56. The number of nitrogens with one attached hydrogen (secondary N) is 1. The number of rotatable bonds is 8. The summed E-state index contributed by atoms with van der Waals surface area (Å²) in [5.41, 5.74) is 2.61. The molecule has 2 aromatic rings. The van der Waals surface area contributed by atoms with E-state index in [4.69, 9.17) is 11.6 Å². The van der Waals surface area contributed by atoms with Gasteiger partial charge in [0, 0.05) is 17.6 Å². The standard InChI is InChI=1S/C19H24ClN/c1-2-3-5-13-19(17-10-6-4-7-11-17)21-15-16-9-8-12-18(20)14-16/h4,6-12,14,19,21H,2-3,5,13,15H2,1H3. The van der Waals surface area contributed by atoms with Crippen LogP contribution in [0.3, 0.4) is 0 Å². The van der Waals surface area contributed by atoms with Gasteiger partial charge in [0.25, 0.3) is 0 Å². The molecule has 0 radical (unpaired) electrons. The summed E-state index contributed by atoms with van der Waals surface area (Å²) in [7, 11) is 0. The molecule has 2 aromatic carbocycles. The van der Waals surface area contributed by atoms with Gasteiger partial charge in [0.05, 0.1) is 0 Å². The Hall–Kier alpha value is -1.31. The van der Waals surface area contributed by atoms with Crippen LogP contribution in [0.15, 0.2) is 54.6 Å². The Morgan fingerprint density at radius 3 is 2.52 bits per heavy atom. The van der Waals surface area contributed by atoms with Gasteiger partial charge in [-0.2, -0.15) is 0 Å². The van der Waals surface area contributed by atoms with Crippen LogP contribution in [-0.4, -0.2) is 0 Å². The first-order valence-corrected chi connectivity index (χ1v) is 8.20. The van der Waals surface area contributed by atoms with E-state index in [0.717, 1.165) is 11.6 Å². The smallest absolute Gasteiger partial charge is 0.0409 e. The second-order valence-corrected chi connectivity index (χ2v) is 5.91. The van der Waals surface area contributed by atoms with Crippen LogP contribution in [0.5, 0.6) is 0 Å². The van der Waals surface area contributed by atoms with Crippen LogP contribution in [0.2, 0.25) is 5.02 Å². The lowest BCUT2D eigenvalue weighted by molar-refractivity contribution is 0.473. The molecule has 0 fully saturated rings. The van der Waals surface area contributed by atoms with Crippen LogP contribution >= 0.6 is 11.6 Å². The number of halogens is 1. The van der Waals surface area contributed by atoms with Gasteiger partial charge in [0.2, 0.25) is 0 Å². The fourth-order valence-corrected chi connectivity index (χ4v) is 2.77. The highest BCUT2D eigenvalue weighted by atomic mass is 35.5. The van der Waals surface area contributed by atoms with E-state index in [-0.39, 0.29) is 0 Å². The lowest BCUT2D eigenvalue weighted by Gasteiger charge is -2.19. The van der Waals surface area contributed by atoms with E-state index in [2.05, 4.69) is 48.6 Å². The zero-order chi connectivity index (χ0) is 14.9. The molecule has 2 rings (SSSR count). The number of hydrogen-bond donors (Lipinski definition) is 1. The predicted octanol–water partition coefficient (Wildman–Crippen LogP) is 5.75. The van der Waals surface area contributed by atoms with Crippen LogP contribution < -0.4 is 5.32 Å². The second-order valence-electron chi connectivity index (χ2n) is 5.47. The van der Waals surface area contributed by atoms with E-state index in [0.29, 0.717) is 6.04 Å². The highest BCUT2D eigenvalue weighted by Gasteiger charge is 2.10. The summed E-state index contributed by atoms with van der Waals surface area (Å²) in [5, 5.41) is 4.48. The predicted molar refractivity (Wildman–Crippen MR) is 91.6 cm³/mol. The number of unbranched alkanes of at least 4 members (excludes halogenated alkanes) is 2. The molecule has 0 heterocycles. The molecule has 0 aromatic heterocycles. The molecule has 0 aliphatic rings. The first kappa shape index (κ1) is 16.1. The number of hydrogen-bond acceptors (Lipinski definition) is 1. The highest BCUT2D eigenvalue weighted by molar-refractivity contribution is 6.30. The molecule has 1 nitrogen and oxygen atoms in total. The van der Waals surface area contributed by atoms with Gasteiger partial charge in [0.1, 0.15) is 0 Å². The summed E-state index contributed by atoms with van der Waals surface area (Å²) in [4.78, 5) is 0. The molecular weight excluding hydrogens is 278 g/mol. The normalized spacial score (nSPS) is 12.3. The molecular formula is C19H24ClN. The van der Waals surface area contributed by atoms with Crippen molar-refractivity contribution >= 4 is 11.6 Å². The molecule has 0 amide bonds. The second kappa shape index (κ2) is 8.86. The third-order valence-electron chi connectivity index (χ3n) is 3.74. The Kier molecular flexibility index (Phi) is 6.78. The van der Waals surface area contributed by atoms with Crippen molar-refractivity contribution in [2.24, 2.45) is 0 Å². The molecule has 1 N–H and O–H groups in total. The molecule has 1 atom stereocenters. The Balaban J connectivity index is 1.98. The monoisotopic (exact) mass is 301 g/mol. The van der Waals surface area contributed by atoms with Gasteiger partial charge in [-0.15, -0.1) is 0 Å². The molecule has 0 saturated heterocycles. The Labute approximate surface area is 133 Å². The summed E-state index contributed by atoms with van der Waals surface area (Å²) in [6.45, 7) is 3.10. The van der Waals surface area contributed by atoms with Crippen molar-refractivity contribution in [2.75, 3.05) is 0 Å². The van der Waals surface area contributed by atoms with E-state index in [9.17, 15) is 0 Å². The van der Waals surface area contributed by atoms with Gasteiger partial charge in [0.15, 0.2) is 0 Å². The largest absolute Gasteiger partial charge is 0.306 e.